The normalized spacial score (nSPS) is 17.5. The summed E-state index contributed by atoms with van der Waals surface area (Å²) in [4.78, 5) is 27.9. The molecule has 6 nitrogen and oxygen atoms in total. The molecule has 1 atom stereocenters. The Morgan fingerprint density at radius 2 is 1.71 bits per heavy atom. The van der Waals surface area contributed by atoms with E-state index in [4.69, 9.17) is 9.15 Å². The second-order valence-corrected chi connectivity index (χ2v) is 8.25. The zero-order valence-electron chi connectivity index (χ0n) is 18.8. The Hall–Kier alpha value is -4.32. The van der Waals surface area contributed by atoms with Crippen LogP contribution in [-0.2, 0) is 16.1 Å². The van der Waals surface area contributed by atoms with Gasteiger partial charge in [0, 0.05) is 11.1 Å². The monoisotopic (exact) mass is 453 g/mol. The smallest absolute Gasteiger partial charge is 0.296 e. The number of aryl methyl sites for hydroxylation is 1. The molecule has 1 saturated heterocycles. The number of carbonyl (C=O) groups is 2. The molecule has 0 aliphatic carbocycles. The molecule has 6 heteroatoms. The molecule has 5 rings (SSSR count). The van der Waals surface area contributed by atoms with E-state index in [0.29, 0.717) is 22.8 Å². The average molecular weight is 453 g/mol. The standard InChI is InChI=1S/C28H23NO5/c1-17-11-14-23(34-17)25-24(26(30)20-13-12-18-7-3-4-8-19(18)15-20)27(31)28(32)29(25)16-21-9-5-6-10-22(21)33-2/h3-15,25,30H,16H2,1-2H3/b26-24+. The van der Waals surface area contributed by atoms with E-state index in [0.717, 1.165) is 16.3 Å². The lowest BCUT2D eigenvalue weighted by Gasteiger charge is -2.24. The summed E-state index contributed by atoms with van der Waals surface area (Å²) in [6.07, 6.45) is 0. The molecule has 170 valence electrons. The van der Waals surface area contributed by atoms with Crippen molar-refractivity contribution in [3.8, 4) is 5.75 Å². The number of furan rings is 1. The molecule has 3 aromatic carbocycles. The highest BCUT2D eigenvalue weighted by Crippen LogP contribution is 2.41. The maximum absolute atomic E-state index is 13.2. The van der Waals surface area contributed by atoms with Crippen molar-refractivity contribution in [2.75, 3.05) is 7.11 Å². The van der Waals surface area contributed by atoms with Crippen LogP contribution in [0.1, 0.15) is 28.7 Å². The van der Waals surface area contributed by atoms with E-state index < -0.39 is 17.7 Å². The second kappa shape index (κ2) is 8.56. The largest absolute Gasteiger partial charge is 0.507 e. The molecule has 4 aromatic rings. The van der Waals surface area contributed by atoms with Gasteiger partial charge >= 0.3 is 0 Å². The summed E-state index contributed by atoms with van der Waals surface area (Å²) in [5, 5.41) is 13.2. The maximum atomic E-state index is 13.2. The van der Waals surface area contributed by atoms with Crippen molar-refractivity contribution < 1.29 is 23.8 Å². The number of amides is 1. The molecule has 0 bridgehead atoms. The van der Waals surface area contributed by atoms with Crippen molar-refractivity contribution in [2.24, 2.45) is 0 Å². The number of ketones is 1. The summed E-state index contributed by atoms with van der Waals surface area (Å²) in [5.41, 5.74) is 1.21. The summed E-state index contributed by atoms with van der Waals surface area (Å²) >= 11 is 0. The number of fused-ring (bicyclic) bond motifs is 1. The average Bonchev–Trinajstić information content (AvgIpc) is 3.39. The van der Waals surface area contributed by atoms with Crippen LogP contribution in [0.5, 0.6) is 5.75 Å². The highest BCUT2D eigenvalue weighted by atomic mass is 16.5. The van der Waals surface area contributed by atoms with E-state index in [2.05, 4.69) is 0 Å². The van der Waals surface area contributed by atoms with Crippen molar-refractivity contribution in [1.82, 2.24) is 4.90 Å². The zero-order chi connectivity index (χ0) is 23.8. The molecule has 1 amide bonds. The third-order valence-corrected chi connectivity index (χ3v) is 6.13. The van der Waals surface area contributed by atoms with Crippen molar-refractivity contribution >= 4 is 28.2 Å². The fourth-order valence-corrected chi connectivity index (χ4v) is 4.45. The number of hydrogen-bond acceptors (Lipinski definition) is 5. The lowest BCUT2D eigenvalue weighted by atomic mass is 9.97. The van der Waals surface area contributed by atoms with Crippen LogP contribution < -0.4 is 4.74 Å². The molecule has 1 N–H and O–H groups in total. The van der Waals surface area contributed by atoms with Crippen LogP contribution in [0.3, 0.4) is 0 Å². The van der Waals surface area contributed by atoms with Gasteiger partial charge < -0.3 is 19.2 Å². The number of likely N-dealkylation sites (tertiary alicyclic amines) is 1. The SMILES string of the molecule is COc1ccccc1CN1C(=O)C(=O)/C(=C(/O)c2ccc3ccccc3c2)C1c1ccc(C)o1. The Kier molecular flexibility index (Phi) is 5.42. The van der Waals surface area contributed by atoms with Crippen molar-refractivity contribution in [1.29, 1.82) is 0 Å². The first-order chi connectivity index (χ1) is 16.5. The van der Waals surface area contributed by atoms with Gasteiger partial charge in [0.15, 0.2) is 0 Å². The van der Waals surface area contributed by atoms with E-state index in [1.807, 2.05) is 54.6 Å². The molecule has 1 aliphatic heterocycles. The van der Waals surface area contributed by atoms with E-state index in [9.17, 15) is 14.7 Å². The van der Waals surface area contributed by atoms with Gasteiger partial charge in [-0.15, -0.1) is 0 Å². The van der Waals surface area contributed by atoms with Gasteiger partial charge in [0.2, 0.25) is 0 Å². The minimum atomic E-state index is -0.870. The molecule has 0 spiro atoms. The number of nitrogens with zero attached hydrogens (tertiary/aromatic N) is 1. The van der Waals surface area contributed by atoms with Gasteiger partial charge in [-0.05, 0) is 42.0 Å². The Bertz CT molecular complexity index is 1450. The van der Waals surface area contributed by atoms with Crippen LogP contribution in [0.4, 0.5) is 0 Å². The van der Waals surface area contributed by atoms with Crippen molar-refractivity contribution in [3.05, 3.63) is 107 Å². The summed E-state index contributed by atoms with van der Waals surface area (Å²) in [6.45, 7) is 1.91. The number of benzene rings is 3. The van der Waals surface area contributed by atoms with Gasteiger partial charge in [0.25, 0.3) is 11.7 Å². The quantitative estimate of drug-likeness (QED) is 0.250. The first kappa shape index (κ1) is 21.5. The molecule has 34 heavy (non-hydrogen) atoms. The minimum Gasteiger partial charge on any atom is -0.507 e. The Morgan fingerprint density at radius 3 is 2.44 bits per heavy atom. The number of ether oxygens (including phenoxy) is 1. The molecular formula is C28H23NO5. The number of rotatable bonds is 5. The first-order valence-electron chi connectivity index (χ1n) is 10.9. The third kappa shape index (κ3) is 3.63. The molecule has 2 heterocycles. The van der Waals surface area contributed by atoms with Gasteiger partial charge in [0.05, 0.1) is 19.2 Å². The first-order valence-corrected chi connectivity index (χ1v) is 10.9. The maximum Gasteiger partial charge on any atom is 0.296 e. The van der Waals surface area contributed by atoms with Crippen LogP contribution in [0.2, 0.25) is 0 Å². The van der Waals surface area contributed by atoms with Crippen LogP contribution >= 0.6 is 0 Å². The van der Waals surface area contributed by atoms with Gasteiger partial charge in [0.1, 0.15) is 29.1 Å². The Morgan fingerprint density at radius 1 is 0.971 bits per heavy atom. The topological polar surface area (TPSA) is 80.0 Å². The zero-order valence-corrected chi connectivity index (χ0v) is 18.8. The number of Topliss-reactive ketones (excluding diaryl/α,β-unsaturated/α-hetero) is 1. The van der Waals surface area contributed by atoms with Crippen LogP contribution in [0, 0.1) is 6.92 Å². The number of aliphatic hydroxyl groups excluding tert-OH is 1. The minimum absolute atomic E-state index is 0.00419. The van der Waals surface area contributed by atoms with Crippen molar-refractivity contribution in [3.63, 3.8) is 0 Å². The predicted octanol–water partition coefficient (Wildman–Crippen LogP) is 5.37. The second-order valence-electron chi connectivity index (χ2n) is 8.25. The lowest BCUT2D eigenvalue weighted by molar-refractivity contribution is -0.140. The molecule has 0 radical (unpaired) electrons. The van der Waals surface area contributed by atoms with E-state index >= 15 is 0 Å². The van der Waals surface area contributed by atoms with Gasteiger partial charge in [-0.25, -0.2) is 0 Å². The fraction of sp³-hybridized carbons (Fsp3) is 0.143. The van der Waals surface area contributed by atoms with Crippen LogP contribution in [0.15, 0.2) is 88.9 Å². The summed E-state index contributed by atoms with van der Waals surface area (Å²) < 4.78 is 11.3. The summed E-state index contributed by atoms with van der Waals surface area (Å²) in [7, 11) is 1.56. The Labute approximate surface area is 196 Å². The van der Waals surface area contributed by atoms with Crippen molar-refractivity contribution in [2.45, 2.75) is 19.5 Å². The molecule has 1 fully saturated rings. The van der Waals surface area contributed by atoms with Crippen LogP contribution in [-0.4, -0.2) is 28.8 Å². The van der Waals surface area contributed by atoms with E-state index in [1.54, 1.807) is 38.3 Å². The summed E-state index contributed by atoms with van der Waals surface area (Å²) in [6, 6.07) is 23.1. The number of carbonyl (C=O) groups excluding carboxylic acids is 2. The highest BCUT2D eigenvalue weighted by molar-refractivity contribution is 6.46. The molecule has 1 aliphatic rings. The molecule has 1 unspecified atom stereocenters. The number of hydrogen-bond donors (Lipinski definition) is 1. The predicted molar refractivity (Wildman–Crippen MR) is 128 cm³/mol. The number of aliphatic hydroxyl groups is 1. The van der Waals surface area contributed by atoms with Gasteiger partial charge in [-0.2, -0.15) is 0 Å². The lowest BCUT2D eigenvalue weighted by Crippen LogP contribution is -2.29. The van der Waals surface area contributed by atoms with E-state index in [1.165, 1.54) is 4.90 Å². The molecule has 1 aromatic heterocycles. The van der Waals surface area contributed by atoms with Crippen LogP contribution in [0.25, 0.3) is 16.5 Å². The van der Waals surface area contributed by atoms with E-state index in [-0.39, 0.29) is 17.9 Å². The summed E-state index contributed by atoms with van der Waals surface area (Å²) in [5.74, 6) is -0.0246. The van der Waals surface area contributed by atoms with Gasteiger partial charge in [-0.3, -0.25) is 9.59 Å². The third-order valence-electron chi connectivity index (χ3n) is 6.13. The van der Waals surface area contributed by atoms with Gasteiger partial charge in [-0.1, -0.05) is 54.6 Å². The number of para-hydroxylation sites is 1. The molecular weight excluding hydrogens is 430 g/mol. The fourth-order valence-electron chi connectivity index (χ4n) is 4.45. The number of methoxy groups -OCH3 is 1. The Balaban J connectivity index is 1.65. The molecule has 0 saturated carbocycles. The highest BCUT2D eigenvalue weighted by Gasteiger charge is 2.47.